The zero-order valence-corrected chi connectivity index (χ0v) is 13.3. The van der Waals surface area contributed by atoms with E-state index in [1.165, 1.54) is 0 Å². The molecule has 1 rings (SSSR count). The molecule has 0 radical (unpaired) electrons. The first kappa shape index (κ1) is 17.4. The summed E-state index contributed by atoms with van der Waals surface area (Å²) >= 11 is 0. The topological polar surface area (TPSA) is 61.8 Å². The molecular formula is C15H30N2O3. The Kier molecular flexibility index (Phi) is 6.92. The van der Waals surface area contributed by atoms with Gasteiger partial charge in [-0.3, -0.25) is 10.1 Å². The Labute approximate surface area is 122 Å². The predicted molar refractivity (Wildman–Crippen MR) is 80.0 cm³/mol. The molecule has 20 heavy (non-hydrogen) atoms. The van der Waals surface area contributed by atoms with Crippen LogP contribution in [0, 0.1) is 0 Å². The quantitative estimate of drug-likeness (QED) is 0.711. The maximum absolute atomic E-state index is 11.5. The molecule has 1 aliphatic heterocycles. The SMILES string of the molecule is CCOC1CCN(CCC(C)(NC(C)C)C(=O)O)CC1. The van der Waals surface area contributed by atoms with Crippen molar-refractivity contribution < 1.29 is 14.6 Å². The van der Waals surface area contributed by atoms with Gasteiger partial charge in [0.2, 0.25) is 0 Å². The minimum Gasteiger partial charge on any atom is -0.480 e. The molecule has 118 valence electrons. The van der Waals surface area contributed by atoms with E-state index in [0.29, 0.717) is 12.5 Å². The molecule has 1 heterocycles. The summed E-state index contributed by atoms with van der Waals surface area (Å²) in [6.45, 7) is 11.4. The van der Waals surface area contributed by atoms with Gasteiger partial charge >= 0.3 is 5.97 Å². The van der Waals surface area contributed by atoms with Gasteiger partial charge in [0, 0.05) is 32.3 Å². The average molecular weight is 286 g/mol. The van der Waals surface area contributed by atoms with Crippen molar-refractivity contribution in [3.63, 3.8) is 0 Å². The van der Waals surface area contributed by atoms with Crippen molar-refractivity contribution in [3.05, 3.63) is 0 Å². The fourth-order valence-corrected chi connectivity index (χ4v) is 2.79. The van der Waals surface area contributed by atoms with Crippen LogP contribution in [0.15, 0.2) is 0 Å². The molecule has 0 aromatic carbocycles. The Morgan fingerprint density at radius 2 is 2.05 bits per heavy atom. The van der Waals surface area contributed by atoms with Gasteiger partial charge in [-0.2, -0.15) is 0 Å². The number of ether oxygens (including phenoxy) is 1. The number of hydrogen-bond donors (Lipinski definition) is 2. The van der Waals surface area contributed by atoms with Gasteiger partial charge < -0.3 is 14.7 Å². The molecule has 2 N–H and O–H groups in total. The highest BCUT2D eigenvalue weighted by molar-refractivity contribution is 5.78. The highest BCUT2D eigenvalue weighted by Gasteiger charge is 2.34. The molecule has 1 aliphatic rings. The maximum Gasteiger partial charge on any atom is 0.323 e. The Hall–Kier alpha value is -0.650. The second-order valence-electron chi connectivity index (χ2n) is 6.18. The van der Waals surface area contributed by atoms with Gasteiger partial charge in [-0.1, -0.05) is 0 Å². The number of piperidine rings is 1. The first-order valence-electron chi connectivity index (χ1n) is 7.72. The third-order valence-corrected chi connectivity index (χ3v) is 3.94. The van der Waals surface area contributed by atoms with Crippen LogP contribution in [-0.4, -0.2) is 59.9 Å². The molecule has 1 atom stereocenters. The average Bonchev–Trinajstić information content (AvgIpc) is 2.37. The smallest absolute Gasteiger partial charge is 0.323 e. The molecule has 0 spiro atoms. The van der Waals surface area contributed by atoms with E-state index in [2.05, 4.69) is 10.2 Å². The van der Waals surface area contributed by atoms with E-state index in [-0.39, 0.29) is 6.04 Å². The number of nitrogens with one attached hydrogen (secondary N) is 1. The molecule has 1 fully saturated rings. The zero-order valence-electron chi connectivity index (χ0n) is 13.3. The van der Waals surface area contributed by atoms with Crippen molar-refractivity contribution in [1.82, 2.24) is 10.2 Å². The maximum atomic E-state index is 11.5. The second kappa shape index (κ2) is 7.96. The van der Waals surface area contributed by atoms with Gasteiger partial charge in [-0.05, 0) is 47.0 Å². The zero-order chi connectivity index (χ0) is 15.2. The summed E-state index contributed by atoms with van der Waals surface area (Å²) in [6, 6.07) is 0.166. The molecule has 0 amide bonds. The van der Waals surface area contributed by atoms with Crippen molar-refractivity contribution >= 4 is 5.97 Å². The summed E-state index contributed by atoms with van der Waals surface area (Å²) in [6.07, 6.45) is 3.11. The van der Waals surface area contributed by atoms with E-state index in [0.717, 1.165) is 39.1 Å². The normalized spacial score (nSPS) is 21.1. The van der Waals surface area contributed by atoms with E-state index >= 15 is 0 Å². The summed E-state index contributed by atoms with van der Waals surface area (Å²) in [5.74, 6) is -0.768. The van der Waals surface area contributed by atoms with E-state index < -0.39 is 11.5 Å². The van der Waals surface area contributed by atoms with Crippen molar-refractivity contribution in [3.8, 4) is 0 Å². The minimum atomic E-state index is -0.842. The Morgan fingerprint density at radius 1 is 1.45 bits per heavy atom. The van der Waals surface area contributed by atoms with Crippen LogP contribution in [0.4, 0.5) is 0 Å². The molecule has 5 nitrogen and oxygen atoms in total. The number of carboxylic acids is 1. The summed E-state index contributed by atoms with van der Waals surface area (Å²) in [7, 11) is 0. The van der Waals surface area contributed by atoms with E-state index in [4.69, 9.17) is 4.74 Å². The highest BCUT2D eigenvalue weighted by Crippen LogP contribution is 2.17. The molecule has 0 aromatic heterocycles. The molecule has 0 bridgehead atoms. The Morgan fingerprint density at radius 3 is 2.50 bits per heavy atom. The van der Waals surface area contributed by atoms with Crippen LogP contribution >= 0.6 is 0 Å². The second-order valence-corrected chi connectivity index (χ2v) is 6.18. The van der Waals surface area contributed by atoms with Gasteiger partial charge in [0.1, 0.15) is 5.54 Å². The van der Waals surface area contributed by atoms with Gasteiger partial charge in [-0.15, -0.1) is 0 Å². The van der Waals surface area contributed by atoms with Gasteiger partial charge in [0.05, 0.1) is 6.10 Å². The van der Waals surface area contributed by atoms with Crippen LogP contribution in [0.3, 0.4) is 0 Å². The van der Waals surface area contributed by atoms with E-state index in [1.54, 1.807) is 6.92 Å². The Balaban J connectivity index is 2.39. The van der Waals surface area contributed by atoms with Crippen LogP contribution < -0.4 is 5.32 Å². The molecule has 5 heteroatoms. The first-order chi connectivity index (χ1) is 9.37. The van der Waals surface area contributed by atoms with E-state index in [9.17, 15) is 9.90 Å². The third-order valence-electron chi connectivity index (χ3n) is 3.94. The van der Waals surface area contributed by atoms with Crippen molar-refractivity contribution in [1.29, 1.82) is 0 Å². The Bertz CT molecular complexity index is 301. The third kappa shape index (κ3) is 5.38. The fourth-order valence-electron chi connectivity index (χ4n) is 2.79. The number of likely N-dealkylation sites (tertiary alicyclic amines) is 1. The lowest BCUT2D eigenvalue weighted by molar-refractivity contribution is -0.145. The summed E-state index contributed by atoms with van der Waals surface area (Å²) in [5, 5.41) is 12.6. The lowest BCUT2D eigenvalue weighted by Gasteiger charge is -2.35. The number of rotatable bonds is 8. The van der Waals surface area contributed by atoms with Crippen molar-refractivity contribution in [2.45, 2.75) is 64.6 Å². The molecule has 1 unspecified atom stereocenters. The summed E-state index contributed by atoms with van der Waals surface area (Å²) in [4.78, 5) is 13.8. The number of nitrogens with zero attached hydrogens (tertiary/aromatic N) is 1. The van der Waals surface area contributed by atoms with Crippen LogP contribution in [0.2, 0.25) is 0 Å². The number of carboxylic acid groups (broad SMARTS) is 1. The van der Waals surface area contributed by atoms with Crippen molar-refractivity contribution in [2.75, 3.05) is 26.2 Å². The van der Waals surface area contributed by atoms with Gasteiger partial charge in [0.15, 0.2) is 0 Å². The van der Waals surface area contributed by atoms with E-state index in [1.807, 2.05) is 20.8 Å². The van der Waals surface area contributed by atoms with Gasteiger partial charge in [-0.25, -0.2) is 0 Å². The minimum absolute atomic E-state index is 0.166. The monoisotopic (exact) mass is 286 g/mol. The lowest BCUT2D eigenvalue weighted by Crippen LogP contribution is -2.54. The molecule has 0 saturated carbocycles. The molecule has 0 aromatic rings. The first-order valence-corrected chi connectivity index (χ1v) is 7.72. The van der Waals surface area contributed by atoms with Crippen LogP contribution in [0.25, 0.3) is 0 Å². The highest BCUT2D eigenvalue weighted by atomic mass is 16.5. The molecule has 1 saturated heterocycles. The largest absolute Gasteiger partial charge is 0.480 e. The van der Waals surface area contributed by atoms with Crippen molar-refractivity contribution in [2.24, 2.45) is 0 Å². The predicted octanol–water partition coefficient (Wildman–Crippen LogP) is 1.72. The summed E-state index contributed by atoms with van der Waals surface area (Å²) in [5.41, 5.74) is -0.842. The standard InChI is InChI=1S/C15H30N2O3/c1-5-20-13-6-9-17(10-7-13)11-8-15(4,14(18)19)16-12(2)3/h12-13,16H,5-11H2,1-4H3,(H,18,19). The fraction of sp³-hybridized carbons (Fsp3) is 0.933. The van der Waals surface area contributed by atoms with Crippen LogP contribution in [-0.2, 0) is 9.53 Å². The molecule has 0 aliphatic carbocycles. The van der Waals surface area contributed by atoms with Gasteiger partial charge in [0.25, 0.3) is 0 Å². The lowest BCUT2D eigenvalue weighted by atomic mass is 9.95. The number of aliphatic carboxylic acids is 1. The molecular weight excluding hydrogens is 256 g/mol. The number of hydrogen-bond acceptors (Lipinski definition) is 4. The summed E-state index contributed by atoms with van der Waals surface area (Å²) < 4.78 is 5.63. The van der Waals surface area contributed by atoms with Crippen LogP contribution in [0.5, 0.6) is 0 Å². The van der Waals surface area contributed by atoms with Crippen LogP contribution in [0.1, 0.15) is 47.0 Å². The number of carbonyl (C=O) groups is 1.